The maximum atomic E-state index is 13.7. The number of nitrogens with two attached hydrogens (primary N) is 1. The number of aryl methyl sites for hydroxylation is 1. The molecule has 0 spiro atoms. The van der Waals surface area contributed by atoms with Gasteiger partial charge in [-0.3, -0.25) is 4.79 Å². The van der Waals surface area contributed by atoms with Crippen LogP contribution in [0.25, 0.3) is 0 Å². The number of carbonyl (C=O) groups excluding carboxylic acids is 1. The van der Waals surface area contributed by atoms with E-state index in [-0.39, 0.29) is 16.4 Å². The van der Waals surface area contributed by atoms with Crippen LogP contribution in [0.1, 0.15) is 22.2 Å². The number of hydrogen-bond donors (Lipinski definition) is 2. The molecule has 0 aliphatic rings. The van der Waals surface area contributed by atoms with Crippen molar-refractivity contribution in [3.8, 4) is 0 Å². The number of benzene rings is 1. The van der Waals surface area contributed by atoms with Gasteiger partial charge in [0.15, 0.2) is 5.13 Å². The van der Waals surface area contributed by atoms with Gasteiger partial charge in [0.25, 0.3) is 5.91 Å². The van der Waals surface area contributed by atoms with Crippen molar-refractivity contribution < 1.29 is 9.18 Å². The van der Waals surface area contributed by atoms with Crippen molar-refractivity contribution >= 4 is 33.9 Å². The Morgan fingerprint density at radius 2 is 2.24 bits per heavy atom. The molecule has 0 saturated carbocycles. The summed E-state index contributed by atoms with van der Waals surface area (Å²) in [6, 6.07) is 4.62. The highest BCUT2D eigenvalue weighted by atomic mass is 32.1. The fraction of sp³-hybridized carbons (Fsp3) is 0.286. The van der Waals surface area contributed by atoms with Gasteiger partial charge >= 0.3 is 0 Å². The Hall–Kier alpha value is -2.15. The molecule has 1 amide bonds. The SMILES string of the molecule is CCN(C)c1nc(N)c(C(=O)Nc2c(C)cccc2F)s1. The van der Waals surface area contributed by atoms with Gasteiger partial charge < -0.3 is 16.0 Å². The number of carbonyl (C=O) groups is 1. The van der Waals surface area contributed by atoms with E-state index in [0.717, 1.165) is 6.54 Å². The number of halogens is 1. The van der Waals surface area contributed by atoms with Crippen molar-refractivity contribution in [1.29, 1.82) is 0 Å². The molecule has 5 nitrogen and oxygen atoms in total. The minimum absolute atomic E-state index is 0.154. The fourth-order valence-electron chi connectivity index (χ4n) is 1.74. The Balaban J connectivity index is 2.27. The molecule has 1 aromatic heterocycles. The molecule has 3 N–H and O–H groups in total. The Morgan fingerprint density at radius 3 is 2.86 bits per heavy atom. The van der Waals surface area contributed by atoms with E-state index < -0.39 is 11.7 Å². The predicted molar refractivity (Wildman–Crippen MR) is 84.6 cm³/mol. The van der Waals surface area contributed by atoms with Gasteiger partial charge in [-0.05, 0) is 25.5 Å². The van der Waals surface area contributed by atoms with Crippen LogP contribution in [-0.4, -0.2) is 24.5 Å². The van der Waals surface area contributed by atoms with Gasteiger partial charge in [-0.2, -0.15) is 0 Å². The van der Waals surface area contributed by atoms with Crippen LogP contribution in [0.2, 0.25) is 0 Å². The van der Waals surface area contributed by atoms with E-state index in [0.29, 0.717) is 10.7 Å². The molecule has 0 fully saturated rings. The molecule has 0 bridgehead atoms. The highest BCUT2D eigenvalue weighted by Gasteiger charge is 2.19. The zero-order chi connectivity index (χ0) is 15.6. The van der Waals surface area contributed by atoms with Crippen molar-refractivity contribution in [3.63, 3.8) is 0 Å². The summed E-state index contributed by atoms with van der Waals surface area (Å²) in [5.41, 5.74) is 6.60. The van der Waals surface area contributed by atoms with Crippen LogP contribution in [-0.2, 0) is 0 Å². The number of anilines is 3. The van der Waals surface area contributed by atoms with Gasteiger partial charge in [0, 0.05) is 13.6 Å². The number of nitrogen functional groups attached to an aromatic ring is 1. The maximum absolute atomic E-state index is 13.7. The first-order valence-electron chi connectivity index (χ1n) is 6.48. The monoisotopic (exact) mass is 308 g/mol. The topological polar surface area (TPSA) is 71.2 Å². The molecule has 0 unspecified atom stereocenters. The average Bonchev–Trinajstić information content (AvgIpc) is 2.84. The van der Waals surface area contributed by atoms with Crippen molar-refractivity contribution in [2.45, 2.75) is 13.8 Å². The fourth-order valence-corrected chi connectivity index (χ4v) is 2.65. The number of thiazole rings is 1. The highest BCUT2D eigenvalue weighted by molar-refractivity contribution is 7.18. The summed E-state index contributed by atoms with van der Waals surface area (Å²) < 4.78 is 13.7. The molecule has 0 atom stereocenters. The van der Waals surface area contributed by atoms with E-state index in [2.05, 4.69) is 10.3 Å². The normalized spacial score (nSPS) is 10.5. The lowest BCUT2D eigenvalue weighted by atomic mass is 10.2. The van der Waals surface area contributed by atoms with Gasteiger partial charge in [0.1, 0.15) is 16.5 Å². The second kappa shape index (κ2) is 6.09. The van der Waals surface area contributed by atoms with E-state index >= 15 is 0 Å². The Bertz CT molecular complexity index is 651. The van der Waals surface area contributed by atoms with E-state index in [9.17, 15) is 9.18 Å². The third-order valence-electron chi connectivity index (χ3n) is 3.11. The van der Waals surface area contributed by atoms with Crippen LogP contribution < -0.4 is 16.0 Å². The van der Waals surface area contributed by atoms with Crippen molar-refractivity contribution in [1.82, 2.24) is 4.98 Å². The minimum atomic E-state index is -0.475. The van der Waals surface area contributed by atoms with Crippen molar-refractivity contribution in [3.05, 3.63) is 34.5 Å². The first-order chi connectivity index (χ1) is 9.93. The molecule has 1 heterocycles. The Morgan fingerprint density at radius 1 is 1.52 bits per heavy atom. The molecule has 112 valence electrons. The zero-order valence-corrected chi connectivity index (χ0v) is 12.9. The molecule has 7 heteroatoms. The predicted octanol–water partition coefficient (Wildman–Crippen LogP) is 2.88. The lowest BCUT2D eigenvalue weighted by Gasteiger charge is -2.11. The summed E-state index contributed by atoms with van der Waals surface area (Å²) in [5.74, 6) is -0.770. The summed E-state index contributed by atoms with van der Waals surface area (Å²) >= 11 is 1.19. The third kappa shape index (κ3) is 3.13. The van der Waals surface area contributed by atoms with Crippen LogP contribution in [0.5, 0.6) is 0 Å². The summed E-state index contributed by atoms with van der Waals surface area (Å²) in [6.45, 7) is 4.45. The molecule has 21 heavy (non-hydrogen) atoms. The summed E-state index contributed by atoms with van der Waals surface area (Å²) in [5, 5.41) is 3.22. The standard InChI is InChI=1S/C14H17FN4OS/c1-4-19(3)14-18-12(16)11(21-14)13(20)17-10-8(2)6-5-7-9(10)15/h5-7H,4,16H2,1-3H3,(H,17,20). The van der Waals surface area contributed by atoms with E-state index in [1.165, 1.54) is 17.4 Å². The van der Waals surface area contributed by atoms with Crippen LogP contribution in [0.3, 0.4) is 0 Å². The average molecular weight is 308 g/mol. The number of nitrogens with zero attached hydrogens (tertiary/aromatic N) is 2. The molecule has 2 aromatic rings. The first kappa shape index (κ1) is 15.2. The van der Waals surface area contributed by atoms with E-state index in [4.69, 9.17) is 5.73 Å². The van der Waals surface area contributed by atoms with Gasteiger partial charge in [-0.1, -0.05) is 23.5 Å². The quantitative estimate of drug-likeness (QED) is 0.911. The molecular formula is C14H17FN4OS. The van der Waals surface area contributed by atoms with Crippen molar-refractivity contribution in [2.24, 2.45) is 0 Å². The van der Waals surface area contributed by atoms with Crippen molar-refractivity contribution in [2.75, 3.05) is 29.5 Å². The summed E-state index contributed by atoms with van der Waals surface area (Å²) in [7, 11) is 1.86. The molecule has 2 rings (SSSR count). The Kier molecular flexibility index (Phi) is 4.42. The van der Waals surface area contributed by atoms with Gasteiger partial charge in [0.05, 0.1) is 5.69 Å². The van der Waals surface area contributed by atoms with Gasteiger partial charge in [-0.25, -0.2) is 9.37 Å². The van der Waals surface area contributed by atoms with E-state index in [1.54, 1.807) is 19.1 Å². The van der Waals surface area contributed by atoms with Crippen LogP contribution in [0.15, 0.2) is 18.2 Å². The zero-order valence-electron chi connectivity index (χ0n) is 12.1. The number of nitrogens with one attached hydrogen (secondary N) is 1. The largest absolute Gasteiger partial charge is 0.382 e. The summed E-state index contributed by atoms with van der Waals surface area (Å²) in [6.07, 6.45) is 0. The van der Waals surface area contributed by atoms with Gasteiger partial charge in [0.2, 0.25) is 0 Å². The number of amides is 1. The second-order valence-corrected chi connectivity index (χ2v) is 5.59. The van der Waals surface area contributed by atoms with Crippen LogP contribution in [0.4, 0.5) is 21.0 Å². The third-order valence-corrected chi connectivity index (χ3v) is 4.29. The lowest BCUT2D eigenvalue weighted by molar-refractivity contribution is 0.103. The molecule has 0 saturated heterocycles. The molecule has 0 aliphatic carbocycles. The summed E-state index contributed by atoms with van der Waals surface area (Å²) in [4.78, 5) is 18.6. The number of rotatable bonds is 4. The minimum Gasteiger partial charge on any atom is -0.382 e. The van der Waals surface area contributed by atoms with Crippen LogP contribution in [0, 0.1) is 12.7 Å². The molecule has 0 aliphatic heterocycles. The highest BCUT2D eigenvalue weighted by Crippen LogP contribution is 2.29. The van der Waals surface area contributed by atoms with Crippen LogP contribution >= 0.6 is 11.3 Å². The van der Waals surface area contributed by atoms with Gasteiger partial charge in [-0.15, -0.1) is 0 Å². The Labute approximate surface area is 126 Å². The van der Waals surface area contributed by atoms with E-state index in [1.807, 2.05) is 18.9 Å². The smallest absolute Gasteiger partial charge is 0.269 e. The first-order valence-corrected chi connectivity index (χ1v) is 7.29. The number of aromatic nitrogens is 1. The number of hydrogen-bond acceptors (Lipinski definition) is 5. The molecular weight excluding hydrogens is 291 g/mol. The lowest BCUT2D eigenvalue weighted by Crippen LogP contribution is -2.15. The number of para-hydroxylation sites is 1. The molecule has 0 radical (unpaired) electrons. The maximum Gasteiger partial charge on any atom is 0.269 e. The molecule has 1 aromatic carbocycles. The second-order valence-electron chi connectivity index (χ2n) is 4.61.